The van der Waals surface area contributed by atoms with E-state index < -0.39 is 0 Å². The molecular weight excluding hydrogens is 492 g/mol. The summed E-state index contributed by atoms with van der Waals surface area (Å²) in [6.07, 6.45) is 5.18. The number of carbonyl (C=O) groups is 1. The van der Waals surface area contributed by atoms with Crippen molar-refractivity contribution >= 4 is 46.1 Å². The molecule has 0 bridgehead atoms. The minimum atomic E-state index is -0.317. The van der Waals surface area contributed by atoms with Gasteiger partial charge in [0.25, 0.3) is 11.5 Å². The van der Waals surface area contributed by atoms with E-state index in [1.54, 1.807) is 22.5 Å². The van der Waals surface area contributed by atoms with Crippen LogP contribution in [-0.4, -0.2) is 45.5 Å². The Morgan fingerprint density at radius 2 is 2.08 bits per heavy atom. The van der Waals surface area contributed by atoms with Gasteiger partial charge in [-0.25, -0.2) is 0 Å². The average molecular weight is 523 g/mol. The number of nitrogens with zero attached hydrogens (tertiary/aromatic N) is 3. The Kier molecular flexibility index (Phi) is 8.62. The molecule has 0 aliphatic carbocycles. The van der Waals surface area contributed by atoms with E-state index in [1.165, 1.54) is 17.3 Å². The molecule has 1 aromatic carbocycles. The van der Waals surface area contributed by atoms with Crippen molar-refractivity contribution in [3.05, 3.63) is 67.8 Å². The highest BCUT2D eigenvalue weighted by atomic mass is 32.2. The Balaban J connectivity index is 1.71. The average Bonchev–Trinajstić information content (AvgIpc) is 3.48. The molecule has 1 amide bonds. The number of nitriles is 1. The number of nitrogens with one attached hydrogen (secondary N) is 1. The Bertz CT molecular complexity index is 1270. The lowest BCUT2D eigenvalue weighted by Gasteiger charge is -2.20. The molecule has 1 unspecified atom stereocenters. The van der Waals surface area contributed by atoms with E-state index in [0.717, 1.165) is 25.7 Å². The predicted octanol–water partition coefficient (Wildman–Crippen LogP) is 4.47. The summed E-state index contributed by atoms with van der Waals surface area (Å²) < 4.78 is 7.82. The highest BCUT2D eigenvalue weighted by Gasteiger charge is 2.35. The number of hydrogen-bond donors (Lipinski definition) is 1. The van der Waals surface area contributed by atoms with Gasteiger partial charge >= 0.3 is 0 Å². The molecule has 2 fully saturated rings. The quantitative estimate of drug-likeness (QED) is 0.384. The molecular formula is C27H30N4O3S2. The van der Waals surface area contributed by atoms with Crippen molar-refractivity contribution < 1.29 is 9.53 Å². The van der Waals surface area contributed by atoms with Gasteiger partial charge in [0.15, 0.2) is 0 Å². The van der Waals surface area contributed by atoms with Crippen molar-refractivity contribution in [2.24, 2.45) is 0 Å². The van der Waals surface area contributed by atoms with Crippen LogP contribution in [0.15, 0.2) is 40.0 Å². The van der Waals surface area contributed by atoms with E-state index in [-0.39, 0.29) is 23.1 Å². The molecule has 0 spiro atoms. The normalized spacial score (nSPS) is 18.8. The molecule has 2 saturated heterocycles. The molecule has 2 aliphatic rings. The van der Waals surface area contributed by atoms with Gasteiger partial charge in [0, 0.05) is 25.3 Å². The summed E-state index contributed by atoms with van der Waals surface area (Å²) in [5.74, 6) is 0.459. The van der Waals surface area contributed by atoms with Crippen LogP contribution in [0, 0.1) is 18.3 Å². The second-order valence-electron chi connectivity index (χ2n) is 8.92. The number of thioether (sulfide) groups is 1. The maximum Gasteiger partial charge on any atom is 0.270 e. The summed E-state index contributed by atoms with van der Waals surface area (Å²) >= 11 is 6.77. The summed E-state index contributed by atoms with van der Waals surface area (Å²) in [6.45, 7) is 5.96. The van der Waals surface area contributed by atoms with Crippen LogP contribution in [0.1, 0.15) is 48.4 Å². The van der Waals surface area contributed by atoms with Gasteiger partial charge in [-0.1, -0.05) is 61.2 Å². The van der Waals surface area contributed by atoms with E-state index in [2.05, 4.69) is 23.5 Å². The first-order chi connectivity index (χ1) is 17.4. The van der Waals surface area contributed by atoms with Crippen LogP contribution in [0.25, 0.3) is 6.08 Å². The number of pyridine rings is 1. The highest BCUT2D eigenvalue weighted by molar-refractivity contribution is 8.26. The maximum absolute atomic E-state index is 13.3. The van der Waals surface area contributed by atoms with Gasteiger partial charge in [-0.05, 0) is 49.8 Å². The third-order valence-electron chi connectivity index (χ3n) is 6.43. The van der Waals surface area contributed by atoms with Crippen LogP contribution < -0.4 is 10.9 Å². The standard InChI is InChI=1S/C27H30N4O3S2/c1-3-13-30-24(29-12-11-19-8-5-4-6-9-19)21(18(2)22(16-28)25(30)32)15-23-26(33)31(27(35)36-23)17-20-10-7-14-34-20/h4-6,8-9,15,20,29H,3,7,10-14,17H2,1-2H3/b23-15+. The molecule has 1 aromatic heterocycles. The van der Waals surface area contributed by atoms with Crippen LogP contribution in [-0.2, 0) is 22.5 Å². The molecule has 2 aliphatic heterocycles. The SMILES string of the molecule is CCCn1c(NCCc2ccccc2)c(/C=C2/SC(=S)N(CC3CCCO3)C2=O)c(C)c(C#N)c1=O. The third kappa shape index (κ3) is 5.56. The zero-order valence-electron chi connectivity index (χ0n) is 20.6. The number of benzene rings is 1. The summed E-state index contributed by atoms with van der Waals surface area (Å²) in [7, 11) is 0. The number of hydrogen-bond acceptors (Lipinski definition) is 7. The monoisotopic (exact) mass is 522 g/mol. The zero-order valence-corrected chi connectivity index (χ0v) is 22.2. The Labute approximate surface area is 221 Å². The lowest BCUT2D eigenvalue weighted by atomic mass is 10.0. The van der Waals surface area contributed by atoms with Crippen LogP contribution >= 0.6 is 24.0 Å². The number of aromatic nitrogens is 1. The van der Waals surface area contributed by atoms with Crippen LogP contribution in [0.4, 0.5) is 5.82 Å². The van der Waals surface area contributed by atoms with Crippen molar-refractivity contribution in [2.75, 3.05) is 25.0 Å². The minimum Gasteiger partial charge on any atom is -0.376 e. The predicted molar refractivity (Wildman–Crippen MR) is 148 cm³/mol. The lowest BCUT2D eigenvalue weighted by molar-refractivity contribution is -0.123. The van der Waals surface area contributed by atoms with Gasteiger partial charge < -0.3 is 10.1 Å². The van der Waals surface area contributed by atoms with Crippen LogP contribution in [0.3, 0.4) is 0 Å². The molecule has 3 heterocycles. The van der Waals surface area contributed by atoms with Crippen molar-refractivity contribution in [3.8, 4) is 6.07 Å². The fourth-order valence-electron chi connectivity index (χ4n) is 4.54. The summed E-state index contributed by atoms with van der Waals surface area (Å²) in [5.41, 5.74) is 2.18. The summed E-state index contributed by atoms with van der Waals surface area (Å²) in [6, 6.07) is 12.2. The number of thiocarbonyl (C=S) groups is 1. The maximum atomic E-state index is 13.3. The Hall–Kier alpha value is -2.93. The van der Waals surface area contributed by atoms with E-state index in [4.69, 9.17) is 17.0 Å². The van der Waals surface area contributed by atoms with Crippen molar-refractivity contribution in [1.82, 2.24) is 9.47 Å². The molecule has 36 heavy (non-hydrogen) atoms. The molecule has 9 heteroatoms. The van der Waals surface area contributed by atoms with Gasteiger partial charge in [-0.2, -0.15) is 5.26 Å². The van der Waals surface area contributed by atoms with Gasteiger partial charge in [0.05, 0.1) is 17.6 Å². The van der Waals surface area contributed by atoms with Crippen LogP contribution in [0.2, 0.25) is 0 Å². The number of amides is 1. The number of anilines is 1. The number of rotatable bonds is 9. The summed E-state index contributed by atoms with van der Waals surface area (Å²) in [5, 5.41) is 13.2. The van der Waals surface area contributed by atoms with Gasteiger partial charge in [0.2, 0.25) is 0 Å². The zero-order chi connectivity index (χ0) is 25.7. The first kappa shape index (κ1) is 26.1. The molecule has 188 valence electrons. The van der Waals surface area contributed by atoms with Crippen molar-refractivity contribution in [1.29, 1.82) is 5.26 Å². The highest BCUT2D eigenvalue weighted by Crippen LogP contribution is 2.35. The fraction of sp³-hybridized carbons (Fsp3) is 0.407. The fourth-order valence-corrected chi connectivity index (χ4v) is 5.80. The Morgan fingerprint density at radius 1 is 1.31 bits per heavy atom. The molecule has 4 rings (SSSR count). The smallest absolute Gasteiger partial charge is 0.270 e. The molecule has 7 nitrogen and oxygen atoms in total. The first-order valence-electron chi connectivity index (χ1n) is 12.3. The van der Waals surface area contributed by atoms with E-state index in [1.807, 2.05) is 25.1 Å². The van der Waals surface area contributed by atoms with Crippen molar-refractivity contribution in [2.45, 2.75) is 52.2 Å². The molecule has 1 N–H and O–H groups in total. The van der Waals surface area contributed by atoms with E-state index in [9.17, 15) is 14.9 Å². The Morgan fingerprint density at radius 3 is 2.75 bits per heavy atom. The second kappa shape index (κ2) is 11.9. The molecule has 2 aromatic rings. The first-order valence-corrected chi connectivity index (χ1v) is 13.5. The largest absolute Gasteiger partial charge is 0.376 e. The topological polar surface area (TPSA) is 87.4 Å². The van der Waals surface area contributed by atoms with Gasteiger partial charge in [-0.3, -0.25) is 19.1 Å². The number of carbonyl (C=O) groups excluding carboxylic acids is 1. The number of ether oxygens (including phenoxy) is 1. The van der Waals surface area contributed by atoms with E-state index in [0.29, 0.717) is 52.4 Å². The van der Waals surface area contributed by atoms with Gasteiger partial charge in [-0.15, -0.1) is 0 Å². The van der Waals surface area contributed by atoms with Crippen LogP contribution in [0.5, 0.6) is 0 Å². The summed E-state index contributed by atoms with van der Waals surface area (Å²) in [4.78, 5) is 28.6. The second-order valence-corrected chi connectivity index (χ2v) is 10.6. The molecule has 1 atom stereocenters. The molecule has 0 radical (unpaired) electrons. The van der Waals surface area contributed by atoms with Crippen molar-refractivity contribution in [3.63, 3.8) is 0 Å². The third-order valence-corrected chi connectivity index (χ3v) is 7.81. The van der Waals surface area contributed by atoms with E-state index >= 15 is 0 Å². The lowest BCUT2D eigenvalue weighted by Crippen LogP contribution is -2.35. The molecule has 0 saturated carbocycles. The van der Waals surface area contributed by atoms with Gasteiger partial charge in [0.1, 0.15) is 21.8 Å². The minimum absolute atomic E-state index is 0.000418.